The number of pyridine rings is 1. The minimum absolute atomic E-state index is 0.0112. The third-order valence-corrected chi connectivity index (χ3v) is 3.77. The molecule has 1 saturated heterocycles. The largest absolute Gasteiger partial charge is 0.364 e. The van der Waals surface area contributed by atoms with Crippen molar-refractivity contribution in [1.29, 1.82) is 0 Å². The van der Waals surface area contributed by atoms with Crippen molar-refractivity contribution in [2.24, 2.45) is 0 Å². The van der Waals surface area contributed by atoms with Crippen LogP contribution in [0.15, 0.2) is 16.7 Å². The summed E-state index contributed by atoms with van der Waals surface area (Å²) in [5.74, 6) is 0.657. The quantitative estimate of drug-likeness (QED) is 0.661. The average Bonchev–Trinajstić information content (AvgIpc) is 2.32. The third kappa shape index (κ3) is 2.97. The zero-order valence-corrected chi connectivity index (χ0v) is 11.7. The van der Waals surface area contributed by atoms with Crippen LogP contribution in [-0.2, 0) is 0 Å². The summed E-state index contributed by atoms with van der Waals surface area (Å²) in [6, 6.07) is 1.47. The second kappa shape index (κ2) is 5.19. The Balaban J connectivity index is 2.16. The summed E-state index contributed by atoms with van der Waals surface area (Å²) in [5, 5.41) is 17.3. The van der Waals surface area contributed by atoms with Gasteiger partial charge in [0.25, 0.3) is 5.69 Å². The number of hydrogen-bond donors (Lipinski definition) is 2. The molecule has 1 aliphatic rings. The molecule has 0 aromatic carbocycles. The lowest BCUT2D eigenvalue weighted by atomic mass is 9.90. The fourth-order valence-corrected chi connectivity index (χ4v) is 2.45. The van der Waals surface area contributed by atoms with E-state index in [9.17, 15) is 10.1 Å². The predicted molar refractivity (Wildman–Crippen MR) is 72.7 cm³/mol. The molecule has 0 radical (unpaired) electrons. The van der Waals surface area contributed by atoms with E-state index in [1.807, 2.05) is 0 Å². The van der Waals surface area contributed by atoms with Crippen molar-refractivity contribution in [3.8, 4) is 0 Å². The Morgan fingerprint density at radius 2 is 2.22 bits per heavy atom. The van der Waals surface area contributed by atoms with E-state index in [1.54, 1.807) is 0 Å². The Bertz CT molecular complexity index is 460. The SMILES string of the molecule is CC1(Nc2ncc([N+](=O)[O-])cc2Br)CCNCC1. The minimum Gasteiger partial charge on any atom is -0.364 e. The van der Waals surface area contributed by atoms with E-state index >= 15 is 0 Å². The molecule has 0 spiro atoms. The Morgan fingerprint density at radius 1 is 1.56 bits per heavy atom. The van der Waals surface area contributed by atoms with Gasteiger partial charge in [0.15, 0.2) is 0 Å². The first-order valence-corrected chi connectivity index (χ1v) is 6.58. The van der Waals surface area contributed by atoms with Gasteiger partial charge in [-0.15, -0.1) is 0 Å². The summed E-state index contributed by atoms with van der Waals surface area (Å²) in [6.07, 6.45) is 3.27. The minimum atomic E-state index is -0.451. The van der Waals surface area contributed by atoms with Crippen LogP contribution in [0.5, 0.6) is 0 Å². The normalized spacial score (nSPS) is 18.3. The van der Waals surface area contributed by atoms with E-state index in [1.165, 1.54) is 12.3 Å². The summed E-state index contributed by atoms with van der Waals surface area (Å²) in [5.41, 5.74) is -0.0282. The van der Waals surface area contributed by atoms with Gasteiger partial charge >= 0.3 is 0 Å². The first-order chi connectivity index (χ1) is 8.50. The monoisotopic (exact) mass is 314 g/mol. The number of aromatic nitrogens is 1. The van der Waals surface area contributed by atoms with Crippen LogP contribution in [0.3, 0.4) is 0 Å². The molecule has 0 bridgehead atoms. The van der Waals surface area contributed by atoms with Crippen LogP contribution in [0.4, 0.5) is 11.5 Å². The van der Waals surface area contributed by atoms with Crippen LogP contribution in [0.25, 0.3) is 0 Å². The van der Waals surface area contributed by atoms with E-state index in [-0.39, 0.29) is 11.2 Å². The van der Waals surface area contributed by atoms with Gasteiger partial charge < -0.3 is 10.6 Å². The Kier molecular flexibility index (Phi) is 3.82. The smallest absolute Gasteiger partial charge is 0.288 e. The van der Waals surface area contributed by atoms with Crippen LogP contribution < -0.4 is 10.6 Å². The highest BCUT2D eigenvalue weighted by Gasteiger charge is 2.27. The van der Waals surface area contributed by atoms with Crippen molar-refractivity contribution >= 4 is 27.4 Å². The van der Waals surface area contributed by atoms with Crippen molar-refractivity contribution in [3.05, 3.63) is 26.9 Å². The zero-order valence-electron chi connectivity index (χ0n) is 10.1. The second-order valence-corrected chi connectivity index (χ2v) is 5.57. The summed E-state index contributed by atoms with van der Waals surface area (Å²) in [4.78, 5) is 14.3. The van der Waals surface area contributed by atoms with Crippen LogP contribution in [0.2, 0.25) is 0 Å². The van der Waals surface area contributed by atoms with Crippen molar-refractivity contribution in [3.63, 3.8) is 0 Å². The first kappa shape index (κ1) is 13.2. The number of hydrogen-bond acceptors (Lipinski definition) is 5. The number of rotatable bonds is 3. The van der Waals surface area contributed by atoms with Gasteiger partial charge in [-0.05, 0) is 48.8 Å². The fourth-order valence-electron chi connectivity index (χ4n) is 2.01. The molecule has 0 atom stereocenters. The maximum atomic E-state index is 10.6. The van der Waals surface area contributed by atoms with Gasteiger partial charge in [0.2, 0.25) is 0 Å². The molecule has 1 aromatic rings. The number of piperidine rings is 1. The number of nitro groups is 1. The molecule has 0 saturated carbocycles. The van der Waals surface area contributed by atoms with Crippen LogP contribution in [0.1, 0.15) is 19.8 Å². The molecule has 0 unspecified atom stereocenters. The van der Waals surface area contributed by atoms with Crippen molar-refractivity contribution in [1.82, 2.24) is 10.3 Å². The molecule has 18 heavy (non-hydrogen) atoms. The maximum absolute atomic E-state index is 10.6. The van der Waals surface area contributed by atoms with Crippen molar-refractivity contribution in [2.45, 2.75) is 25.3 Å². The second-order valence-electron chi connectivity index (χ2n) is 4.72. The molecule has 6 nitrogen and oxygen atoms in total. The van der Waals surface area contributed by atoms with E-state index < -0.39 is 4.92 Å². The molecule has 98 valence electrons. The van der Waals surface area contributed by atoms with E-state index in [0.29, 0.717) is 10.3 Å². The predicted octanol–water partition coefficient (Wildman–Crippen LogP) is 2.31. The molecule has 1 aliphatic heterocycles. The third-order valence-electron chi connectivity index (χ3n) is 3.16. The molecular weight excluding hydrogens is 300 g/mol. The van der Waals surface area contributed by atoms with Gasteiger partial charge in [-0.1, -0.05) is 0 Å². The summed E-state index contributed by atoms with van der Waals surface area (Å²) < 4.78 is 0.622. The molecule has 1 fully saturated rings. The number of nitrogens with one attached hydrogen (secondary N) is 2. The van der Waals surface area contributed by atoms with Gasteiger partial charge in [-0.25, -0.2) is 4.98 Å². The van der Waals surface area contributed by atoms with Gasteiger partial charge in [0.05, 0.1) is 9.40 Å². The molecule has 0 amide bonds. The summed E-state index contributed by atoms with van der Waals surface area (Å²) >= 11 is 3.32. The van der Waals surface area contributed by atoms with Gasteiger partial charge in [0, 0.05) is 11.6 Å². The molecule has 2 rings (SSSR count). The lowest BCUT2D eigenvalue weighted by Crippen LogP contribution is -2.45. The molecular formula is C11H15BrN4O2. The van der Waals surface area contributed by atoms with Gasteiger partial charge in [-0.2, -0.15) is 0 Å². The number of nitrogens with zero attached hydrogens (tertiary/aromatic N) is 2. The Morgan fingerprint density at radius 3 is 2.78 bits per heavy atom. The van der Waals surface area contributed by atoms with E-state index in [4.69, 9.17) is 0 Å². The van der Waals surface area contributed by atoms with Crippen LogP contribution in [0, 0.1) is 10.1 Å². The number of anilines is 1. The first-order valence-electron chi connectivity index (χ1n) is 5.79. The fraction of sp³-hybridized carbons (Fsp3) is 0.545. The Hall–Kier alpha value is -1.21. The molecule has 2 N–H and O–H groups in total. The highest BCUT2D eigenvalue weighted by molar-refractivity contribution is 9.10. The lowest BCUT2D eigenvalue weighted by Gasteiger charge is -2.35. The molecule has 1 aromatic heterocycles. The highest BCUT2D eigenvalue weighted by Crippen LogP contribution is 2.29. The standard InChI is InChI=1S/C11H15BrN4O2/c1-11(2-4-13-5-3-11)15-10-9(12)6-8(7-14-10)16(17)18/h6-7,13H,2-5H2,1H3,(H,14,15). The summed E-state index contributed by atoms with van der Waals surface area (Å²) in [7, 11) is 0. The molecule has 0 aliphatic carbocycles. The summed E-state index contributed by atoms with van der Waals surface area (Å²) in [6.45, 7) is 4.07. The average molecular weight is 315 g/mol. The van der Waals surface area contributed by atoms with E-state index in [0.717, 1.165) is 25.9 Å². The van der Waals surface area contributed by atoms with Crippen molar-refractivity contribution in [2.75, 3.05) is 18.4 Å². The zero-order chi connectivity index (χ0) is 13.2. The van der Waals surface area contributed by atoms with Crippen LogP contribution in [-0.4, -0.2) is 28.5 Å². The highest BCUT2D eigenvalue weighted by atomic mass is 79.9. The molecule has 2 heterocycles. The number of halogens is 1. The lowest BCUT2D eigenvalue weighted by molar-refractivity contribution is -0.385. The van der Waals surface area contributed by atoms with E-state index in [2.05, 4.69) is 38.5 Å². The maximum Gasteiger partial charge on any atom is 0.288 e. The molecule has 7 heteroatoms. The topological polar surface area (TPSA) is 80.1 Å². The Labute approximate surface area is 113 Å². The van der Waals surface area contributed by atoms with Gasteiger partial charge in [-0.3, -0.25) is 10.1 Å². The van der Waals surface area contributed by atoms with Crippen LogP contribution >= 0.6 is 15.9 Å². The van der Waals surface area contributed by atoms with Crippen molar-refractivity contribution < 1.29 is 4.92 Å². The van der Waals surface area contributed by atoms with Gasteiger partial charge in [0.1, 0.15) is 12.0 Å².